The number of aromatic nitrogens is 2. The molecule has 2 heterocycles. The van der Waals surface area contributed by atoms with Crippen molar-refractivity contribution in [3.8, 4) is 11.4 Å². The van der Waals surface area contributed by atoms with Crippen LogP contribution in [0, 0.1) is 5.92 Å². The maximum Gasteiger partial charge on any atom is 0.252 e. The average molecular weight is 326 g/mol. The van der Waals surface area contributed by atoms with Gasteiger partial charge in [-0.2, -0.15) is 4.98 Å². The highest BCUT2D eigenvalue weighted by Gasteiger charge is 2.16. The first-order valence-corrected chi connectivity index (χ1v) is 7.12. The normalized spacial score (nSPS) is 17.4. The lowest BCUT2D eigenvalue weighted by atomic mass is 10.1. The predicted octanol–water partition coefficient (Wildman–Crippen LogP) is 2.17. The maximum absolute atomic E-state index is 5.60. The highest BCUT2D eigenvalue weighted by molar-refractivity contribution is 5.85. The minimum atomic E-state index is 0. The van der Waals surface area contributed by atoms with Crippen molar-refractivity contribution in [3.05, 3.63) is 35.7 Å². The Kier molecular flexibility index (Phi) is 6.33. The Morgan fingerprint density at radius 2 is 2.09 bits per heavy atom. The van der Waals surface area contributed by atoms with Crippen molar-refractivity contribution in [2.45, 2.75) is 19.6 Å². The molecule has 1 aliphatic rings. The van der Waals surface area contributed by atoms with Crippen LogP contribution in [0.1, 0.15) is 17.9 Å². The summed E-state index contributed by atoms with van der Waals surface area (Å²) >= 11 is 0. The molecule has 7 heteroatoms. The van der Waals surface area contributed by atoms with Gasteiger partial charge in [0.15, 0.2) is 0 Å². The Hall–Kier alpha value is -1.47. The summed E-state index contributed by atoms with van der Waals surface area (Å²) in [6, 6.07) is 7.80. The van der Waals surface area contributed by atoms with Crippen molar-refractivity contribution >= 4 is 12.4 Å². The molecular formula is C15H20ClN3O3. The summed E-state index contributed by atoms with van der Waals surface area (Å²) in [6.07, 6.45) is 1.06. The van der Waals surface area contributed by atoms with Crippen LogP contribution in [0.3, 0.4) is 0 Å². The molecule has 1 aliphatic heterocycles. The number of hydrogen-bond donors (Lipinski definition) is 1. The summed E-state index contributed by atoms with van der Waals surface area (Å²) in [4.78, 5) is 4.33. The van der Waals surface area contributed by atoms with E-state index in [0.717, 1.165) is 30.8 Å². The molecule has 120 valence electrons. The molecule has 0 spiro atoms. The Morgan fingerprint density at radius 1 is 1.27 bits per heavy atom. The Balaban J connectivity index is 0.00000176. The molecule has 1 unspecified atom stereocenters. The molecule has 3 rings (SSSR count). The first-order chi connectivity index (χ1) is 10.3. The smallest absolute Gasteiger partial charge is 0.252 e. The van der Waals surface area contributed by atoms with Gasteiger partial charge in [0.2, 0.25) is 5.82 Å². The van der Waals surface area contributed by atoms with Crippen molar-refractivity contribution in [2.24, 2.45) is 11.7 Å². The molecule has 0 saturated carbocycles. The van der Waals surface area contributed by atoms with Gasteiger partial charge in [0, 0.05) is 24.6 Å². The first-order valence-electron chi connectivity index (χ1n) is 7.12. The van der Waals surface area contributed by atoms with E-state index in [1.165, 1.54) is 0 Å². The zero-order valence-corrected chi connectivity index (χ0v) is 13.1. The van der Waals surface area contributed by atoms with Gasteiger partial charge in [-0.3, -0.25) is 0 Å². The summed E-state index contributed by atoms with van der Waals surface area (Å²) in [5.41, 5.74) is 7.56. The molecule has 6 nitrogen and oxygen atoms in total. The van der Waals surface area contributed by atoms with E-state index in [-0.39, 0.29) is 12.4 Å². The third-order valence-corrected chi connectivity index (χ3v) is 3.52. The van der Waals surface area contributed by atoms with Crippen LogP contribution < -0.4 is 5.73 Å². The standard InChI is InChI=1S/C15H19N3O3.ClH/c16-7-11-1-3-13(4-2-11)15-17-14(21-18-15)10-20-9-12-5-6-19-8-12;/h1-4,12H,5-10,16H2;1H. The summed E-state index contributed by atoms with van der Waals surface area (Å²) in [5.74, 6) is 1.55. The number of halogens is 1. The van der Waals surface area contributed by atoms with E-state index in [1.54, 1.807) is 0 Å². The van der Waals surface area contributed by atoms with E-state index < -0.39 is 0 Å². The van der Waals surface area contributed by atoms with Crippen LogP contribution in [0.2, 0.25) is 0 Å². The number of hydrogen-bond acceptors (Lipinski definition) is 6. The van der Waals surface area contributed by atoms with Crippen molar-refractivity contribution in [2.75, 3.05) is 19.8 Å². The van der Waals surface area contributed by atoms with E-state index in [0.29, 0.717) is 37.4 Å². The molecule has 1 aromatic carbocycles. The summed E-state index contributed by atoms with van der Waals surface area (Å²) in [7, 11) is 0. The van der Waals surface area contributed by atoms with Gasteiger partial charge in [-0.25, -0.2) is 0 Å². The molecule has 0 radical (unpaired) electrons. The van der Waals surface area contributed by atoms with Crippen LogP contribution in [0.4, 0.5) is 0 Å². The monoisotopic (exact) mass is 325 g/mol. The highest BCUT2D eigenvalue weighted by atomic mass is 35.5. The largest absolute Gasteiger partial charge is 0.381 e. The van der Waals surface area contributed by atoms with E-state index in [9.17, 15) is 0 Å². The van der Waals surface area contributed by atoms with E-state index >= 15 is 0 Å². The second-order valence-electron chi connectivity index (χ2n) is 5.16. The lowest BCUT2D eigenvalue weighted by Crippen LogP contribution is -2.09. The molecule has 0 bridgehead atoms. The third kappa shape index (κ3) is 4.27. The lowest BCUT2D eigenvalue weighted by molar-refractivity contribution is 0.0635. The van der Waals surface area contributed by atoms with Crippen LogP contribution in [-0.2, 0) is 22.6 Å². The van der Waals surface area contributed by atoms with Crippen LogP contribution in [0.25, 0.3) is 11.4 Å². The fourth-order valence-corrected chi connectivity index (χ4v) is 2.25. The number of nitrogens with zero attached hydrogens (tertiary/aromatic N) is 2. The van der Waals surface area contributed by atoms with Crippen molar-refractivity contribution in [1.29, 1.82) is 0 Å². The second-order valence-corrected chi connectivity index (χ2v) is 5.16. The van der Waals surface area contributed by atoms with E-state index in [4.69, 9.17) is 19.7 Å². The molecule has 1 saturated heterocycles. The van der Waals surface area contributed by atoms with Crippen LogP contribution in [0.15, 0.2) is 28.8 Å². The predicted molar refractivity (Wildman–Crippen MR) is 83.5 cm³/mol. The van der Waals surface area contributed by atoms with Gasteiger partial charge in [-0.1, -0.05) is 29.4 Å². The molecule has 1 fully saturated rings. The van der Waals surface area contributed by atoms with Crippen molar-refractivity contribution < 1.29 is 14.0 Å². The van der Waals surface area contributed by atoms with Crippen LogP contribution in [0.5, 0.6) is 0 Å². The van der Waals surface area contributed by atoms with Crippen LogP contribution >= 0.6 is 12.4 Å². The third-order valence-electron chi connectivity index (χ3n) is 3.52. The fraction of sp³-hybridized carbons (Fsp3) is 0.467. The molecule has 0 aliphatic carbocycles. The molecule has 2 aromatic rings. The molecule has 0 amide bonds. The van der Waals surface area contributed by atoms with Gasteiger partial charge in [0.25, 0.3) is 5.89 Å². The molecule has 22 heavy (non-hydrogen) atoms. The Bertz CT molecular complexity index is 568. The zero-order valence-electron chi connectivity index (χ0n) is 12.2. The Labute approximate surface area is 135 Å². The second kappa shape index (κ2) is 8.24. The summed E-state index contributed by atoms with van der Waals surface area (Å²) in [6.45, 7) is 3.14. The van der Waals surface area contributed by atoms with Crippen LogP contribution in [-0.4, -0.2) is 30.0 Å². The minimum absolute atomic E-state index is 0. The van der Waals surface area contributed by atoms with Gasteiger partial charge in [0.1, 0.15) is 6.61 Å². The number of ether oxygens (including phenoxy) is 2. The van der Waals surface area contributed by atoms with Gasteiger partial charge in [0.05, 0.1) is 13.2 Å². The maximum atomic E-state index is 5.60. The van der Waals surface area contributed by atoms with Gasteiger partial charge < -0.3 is 19.7 Å². The fourth-order valence-electron chi connectivity index (χ4n) is 2.25. The topological polar surface area (TPSA) is 83.4 Å². The quantitative estimate of drug-likeness (QED) is 0.876. The molecule has 1 aromatic heterocycles. The summed E-state index contributed by atoms with van der Waals surface area (Å²) in [5, 5.41) is 3.97. The van der Waals surface area contributed by atoms with E-state index in [1.807, 2.05) is 24.3 Å². The van der Waals surface area contributed by atoms with Gasteiger partial charge in [-0.05, 0) is 12.0 Å². The summed E-state index contributed by atoms with van der Waals surface area (Å²) < 4.78 is 16.1. The number of benzene rings is 1. The van der Waals surface area contributed by atoms with Gasteiger partial charge in [-0.15, -0.1) is 12.4 Å². The molecular weight excluding hydrogens is 306 g/mol. The number of nitrogens with two attached hydrogens (primary N) is 1. The lowest BCUT2D eigenvalue weighted by Gasteiger charge is -2.05. The first kappa shape index (κ1) is 16.9. The van der Waals surface area contributed by atoms with Crippen molar-refractivity contribution in [3.63, 3.8) is 0 Å². The van der Waals surface area contributed by atoms with E-state index in [2.05, 4.69) is 10.1 Å². The molecule has 2 N–H and O–H groups in total. The highest BCUT2D eigenvalue weighted by Crippen LogP contribution is 2.17. The number of rotatable bonds is 6. The van der Waals surface area contributed by atoms with Gasteiger partial charge >= 0.3 is 0 Å². The SMILES string of the molecule is Cl.NCc1ccc(-c2noc(COCC3CCOC3)n2)cc1. The minimum Gasteiger partial charge on any atom is -0.381 e. The molecule has 1 atom stereocenters. The zero-order chi connectivity index (χ0) is 14.5. The average Bonchev–Trinajstić information content (AvgIpc) is 3.19. The Morgan fingerprint density at radius 3 is 2.77 bits per heavy atom. The van der Waals surface area contributed by atoms with Crippen molar-refractivity contribution in [1.82, 2.24) is 10.1 Å².